The Morgan fingerprint density at radius 1 is 1.30 bits per heavy atom. The van der Waals surface area contributed by atoms with E-state index in [1.807, 2.05) is 0 Å². The van der Waals surface area contributed by atoms with Crippen LogP contribution >= 0.6 is 0 Å². The van der Waals surface area contributed by atoms with Gasteiger partial charge in [0, 0.05) is 12.6 Å². The van der Waals surface area contributed by atoms with Crippen molar-refractivity contribution in [2.24, 2.45) is 0 Å². The number of nitrogens with zero attached hydrogens (tertiary/aromatic N) is 1. The molecule has 2 amide bonds. The lowest BCUT2D eigenvalue weighted by molar-refractivity contribution is -0.144. The van der Waals surface area contributed by atoms with E-state index in [1.165, 1.54) is 4.90 Å². The summed E-state index contributed by atoms with van der Waals surface area (Å²) >= 11 is 0. The van der Waals surface area contributed by atoms with E-state index in [0.29, 0.717) is 12.8 Å². The molecule has 0 radical (unpaired) electrons. The predicted octanol–water partition coefficient (Wildman–Crippen LogP) is 0.212. The van der Waals surface area contributed by atoms with Gasteiger partial charge in [-0.05, 0) is 19.8 Å². The van der Waals surface area contributed by atoms with Gasteiger partial charge in [-0.3, -0.25) is 0 Å². The fourth-order valence-corrected chi connectivity index (χ4v) is 4.50. The van der Waals surface area contributed by atoms with Gasteiger partial charge in [-0.15, -0.1) is 0 Å². The zero-order valence-corrected chi connectivity index (χ0v) is 12.3. The van der Waals surface area contributed by atoms with E-state index in [9.17, 15) is 23.1 Å². The number of urea groups is 1. The third-order valence-electron chi connectivity index (χ3n) is 4.14. The van der Waals surface area contributed by atoms with Crippen LogP contribution in [0.5, 0.6) is 0 Å². The lowest BCUT2D eigenvalue weighted by atomic mass is 9.98. The van der Waals surface area contributed by atoms with Crippen LogP contribution in [0.4, 0.5) is 4.79 Å². The molecular formula is C12H20N2O5S. The number of aliphatic carboxylic acids is 1. The van der Waals surface area contributed by atoms with E-state index in [4.69, 9.17) is 0 Å². The van der Waals surface area contributed by atoms with E-state index in [1.54, 1.807) is 6.92 Å². The van der Waals surface area contributed by atoms with Gasteiger partial charge in [-0.1, -0.05) is 12.8 Å². The molecule has 1 unspecified atom stereocenters. The first kappa shape index (κ1) is 15.1. The van der Waals surface area contributed by atoms with E-state index in [2.05, 4.69) is 5.32 Å². The molecule has 2 N–H and O–H groups in total. The maximum Gasteiger partial charge on any atom is 0.329 e. The number of carbonyl (C=O) groups excluding carboxylic acids is 1. The predicted molar refractivity (Wildman–Crippen MR) is 72.2 cm³/mol. The Morgan fingerprint density at radius 2 is 1.90 bits per heavy atom. The van der Waals surface area contributed by atoms with Gasteiger partial charge >= 0.3 is 12.0 Å². The van der Waals surface area contributed by atoms with E-state index in [0.717, 1.165) is 12.8 Å². The fourth-order valence-electron chi connectivity index (χ4n) is 2.95. The van der Waals surface area contributed by atoms with Gasteiger partial charge in [0.15, 0.2) is 9.84 Å². The van der Waals surface area contributed by atoms with Crippen LogP contribution in [-0.4, -0.2) is 60.1 Å². The minimum atomic E-state index is -3.10. The summed E-state index contributed by atoms with van der Waals surface area (Å²) in [6, 6.07) is -0.905. The highest BCUT2D eigenvalue weighted by Gasteiger charge is 2.44. The SMILES string of the molecule is CC1CS(=O)(=O)CCN1C(=O)NC1(C(=O)O)CCCC1. The van der Waals surface area contributed by atoms with Gasteiger partial charge < -0.3 is 15.3 Å². The molecule has 1 atom stereocenters. The first-order valence-electron chi connectivity index (χ1n) is 6.78. The molecule has 20 heavy (non-hydrogen) atoms. The van der Waals surface area contributed by atoms with Crippen LogP contribution in [0.3, 0.4) is 0 Å². The molecule has 2 rings (SSSR count). The highest BCUT2D eigenvalue weighted by molar-refractivity contribution is 7.91. The molecule has 0 aromatic rings. The van der Waals surface area contributed by atoms with Gasteiger partial charge in [0.1, 0.15) is 5.54 Å². The van der Waals surface area contributed by atoms with Crippen molar-refractivity contribution < 1.29 is 23.1 Å². The number of carbonyl (C=O) groups is 2. The largest absolute Gasteiger partial charge is 0.480 e. The van der Waals surface area contributed by atoms with Crippen molar-refractivity contribution in [3.05, 3.63) is 0 Å². The smallest absolute Gasteiger partial charge is 0.329 e. The van der Waals surface area contributed by atoms with Gasteiger partial charge in [-0.2, -0.15) is 0 Å². The molecule has 1 saturated heterocycles. The van der Waals surface area contributed by atoms with Crippen molar-refractivity contribution >= 4 is 21.8 Å². The number of carboxylic acid groups (broad SMARTS) is 1. The second-order valence-electron chi connectivity index (χ2n) is 5.68. The van der Waals surface area contributed by atoms with Crippen LogP contribution < -0.4 is 5.32 Å². The Labute approximate surface area is 118 Å². The molecule has 8 heteroatoms. The number of nitrogens with one attached hydrogen (secondary N) is 1. The summed E-state index contributed by atoms with van der Waals surface area (Å²) in [7, 11) is -3.10. The monoisotopic (exact) mass is 304 g/mol. The topological polar surface area (TPSA) is 104 Å². The average molecular weight is 304 g/mol. The van der Waals surface area contributed by atoms with Gasteiger partial charge in [0.05, 0.1) is 11.5 Å². The Hall–Kier alpha value is -1.31. The Bertz CT molecular complexity index is 510. The molecular weight excluding hydrogens is 284 g/mol. The van der Waals surface area contributed by atoms with E-state index >= 15 is 0 Å². The molecule has 114 valence electrons. The Morgan fingerprint density at radius 3 is 2.40 bits per heavy atom. The summed E-state index contributed by atoms with van der Waals surface area (Å²) in [5.41, 5.74) is -1.19. The third-order valence-corrected chi connectivity index (χ3v) is 5.94. The van der Waals surface area contributed by atoms with Crippen molar-refractivity contribution in [1.82, 2.24) is 10.2 Å². The van der Waals surface area contributed by atoms with Crippen LogP contribution in [0.25, 0.3) is 0 Å². The van der Waals surface area contributed by atoms with Crippen LogP contribution in [-0.2, 0) is 14.6 Å². The van der Waals surface area contributed by atoms with Crippen molar-refractivity contribution in [1.29, 1.82) is 0 Å². The quantitative estimate of drug-likeness (QED) is 0.759. The first-order valence-corrected chi connectivity index (χ1v) is 8.60. The summed E-state index contributed by atoms with van der Waals surface area (Å²) in [5, 5.41) is 11.9. The molecule has 1 saturated carbocycles. The highest BCUT2D eigenvalue weighted by atomic mass is 32.2. The van der Waals surface area contributed by atoms with Crippen molar-refractivity contribution in [3.63, 3.8) is 0 Å². The summed E-state index contributed by atoms with van der Waals surface area (Å²) in [6.45, 7) is 1.78. The Kier molecular flexibility index (Phi) is 3.95. The number of hydrogen-bond donors (Lipinski definition) is 2. The van der Waals surface area contributed by atoms with Gasteiger partial charge in [0.2, 0.25) is 0 Å². The summed E-state index contributed by atoms with van der Waals surface area (Å²) < 4.78 is 23.0. The molecule has 1 heterocycles. The van der Waals surface area contributed by atoms with Crippen molar-refractivity contribution in [3.8, 4) is 0 Å². The van der Waals surface area contributed by atoms with Crippen LogP contribution in [0.2, 0.25) is 0 Å². The van der Waals surface area contributed by atoms with Gasteiger partial charge in [-0.25, -0.2) is 18.0 Å². The van der Waals surface area contributed by atoms with Crippen molar-refractivity contribution in [2.45, 2.75) is 44.2 Å². The van der Waals surface area contributed by atoms with Gasteiger partial charge in [0.25, 0.3) is 0 Å². The van der Waals surface area contributed by atoms with Crippen LogP contribution in [0.1, 0.15) is 32.6 Å². The Balaban J connectivity index is 2.07. The van der Waals surface area contributed by atoms with Crippen LogP contribution in [0, 0.1) is 0 Å². The molecule has 2 aliphatic rings. The number of rotatable bonds is 2. The lowest BCUT2D eigenvalue weighted by Crippen LogP contribution is -2.60. The van der Waals surface area contributed by atoms with Crippen molar-refractivity contribution in [2.75, 3.05) is 18.1 Å². The molecule has 1 aliphatic carbocycles. The number of hydrogen-bond acceptors (Lipinski definition) is 4. The molecule has 0 aromatic carbocycles. The molecule has 7 nitrogen and oxygen atoms in total. The molecule has 2 fully saturated rings. The second kappa shape index (κ2) is 5.23. The number of sulfone groups is 1. The number of amides is 2. The minimum absolute atomic E-state index is 0.0647. The standard InChI is InChI=1S/C12H20N2O5S/c1-9-8-20(18,19)7-6-14(9)11(17)13-12(10(15)16)4-2-3-5-12/h9H,2-8H2,1H3,(H,13,17)(H,15,16). The zero-order valence-electron chi connectivity index (χ0n) is 11.5. The fraction of sp³-hybridized carbons (Fsp3) is 0.833. The maximum absolute atomic E-state index is 12.2. The van der Waals surface area contributed by atoms with E-state index in [-0.39, 0.29) is 18.1 Å². The second-order valence-corrected chi connectivity index (χ2v) is 7.91. The third kappa shape index (κ3) is 2.89. The summed E-state index contributed by atoms with van der Waals surface area (Å²) in [4.78, 5) is 25.1. The van der Waals surface area contributed by atoms with E-state index < -0.39 is 33.4 Å². The minimum Gasteiger partial charge on any atom is -0.480 e. The summed E-state index contributed by atoms with van der Waals surface area (Å²) in [5.74, 6) is -1.15. The number of carboxylic acids is 1. The molecule has 0 aromatic heterocycles. The molecule has 1 aliphatic heterocycles. The maximum atomic E-state index is 12.2. The highest BCUT2D eigenvalue weighted by Crippen LogP contribution is 2.30. The first-order chi connectivity index (χ1) is 9.26. The summed E-state index contributed by atoms with van der Waals surface area (Å²) in [6.07, 6.45) is 2.40. The van der Waals surface area contributed by atoms with Crippen LogP contribution in [0.15, 0.2) is 0 Å². The average Bonchev–Trinajstić information content (AvgIpc) is 2.77. The zero-order chi connectivity index (χ0) is 15.0. The molecule has 0 bridgehead atoms. The lowest BCUT2D eigenvalue weighted by Gasteiger charge is -2.36. The normalized spacial score (nSPS) is 28.1. The molecule has 0 spiro atoms.